The van der Waals surface area contributed by atoms with E-state index in [0.717, 1.165) is 0 Å². The molecular formula is C17H17N5O3S. The summed E-state index contributed by atoms with van der Waals surface area (Å²) in [6, 6.07) is 9.96. The summed E-state index contributed by atoms with van der Waals surface area (Å²) in [5.41, 5.74) is 6.17. The quantitative estimate of drug-likeness (QED) is 0.642. The topological polar surface area (TPSA) is 116 Å². The number of primary amides is 1. The van der Waals surface area contributed by atoms with Gasteiger partial charge in [-0.15, -0.1) is 10.2 Å². The molecule has 0 aliphatic carbocycles. The molecule has 0 radical (unpaired) electrons. The molecule has 0 aliphatic rings. The highest BCUT2D eigenvalue weighted by atomic mass is 32.2. The first-order chi connectivity index (χ1) is 12.5. The first-order valence-corrected chi connectivity index (χ1v) is 8.64. The van der Waals surface area contributed by atoms with Crippen molar-refractivity contribution in [3.05, 3.63) is 48.2 Å². The van der Waals surface area contributed by atoms with E-state index in [-0.39, 0.29) is 5.91 Å². The molecule has 9 heteroatoms. The van der Waals surface area contributed by atoms with Crippen molar-refractivity contribution in [1.82, 2.24) is 14.8 Å². The summed E-state index contributed by atoms with van der Waals surface area (Å²) in [6.45, 7) is 1.78. The minimum absolute atomic E-state index is 0.190. The zero-order valence-electron chi connectivity index (χ0n) is 14.2. The molecule has 8 nitrogen and oxygen atoms in total. The second-order valence-electron chi connectivity index (χ2n) is 5.53. The van der Waals surface area contributed by atoms with Gasteiger partial charge in [0.15, 0.2) is 16.7 Å². The molecule has 0 aliphatic heterocycles. The van der Waals surface area contributed by atoms with Crippen molar-refractivity contribution in [3.8, 4) is 11.6 Å². The van der Waals surface area contributed by atoms with E-state index in [1.165, 1.54) is 11.8 Å². The number of nitrogens with one attached hydrogen (secondary N) is 1. The number of aromatic nitrogens is 3. The third kappa shape index (κ3) is 3.77. The first kappa shape index (κ1) is 17.7. The Morgan fingerprint density at radius 2 is 1.96 bits per heavy atom. The number of furan rings is 1. The van der Waals surface area contributed by atoms with E-state index in [1.807, 2.05) is 7.05 Å². The lowest BCUT2D eigenvalue weighted by Crippen LogP contribution is -2.23. The van der Waals surface area contributed by atoms with Crippen LogP contribution in [0.2, 0.25) is 0 Å². The Hall–Kier alpha value is -3.07. The van der Waals surface area contributed by atoms with Crippen molar-refractivity contribution >= 4 is 29.3 Å². The molecule has 1 atom stereocenters. The molecule has 0 saturated heterocycles. The molecule has 3 aromatic rings. The summed E-state index contributed by atoms with van der Waals surface area (Å²) in [5, 5.41) is 11.2. The van der Waals surface area contributed by atoms with E-state index < -0.39 is 11.2 Å². The Morgan fingerprint density at radius 3 is 2.58 bits per heavy atom. The highest BCUT2D eigenvalue weighted by Crippen LogP contribution is 2.26. The fourth-order valence-electron chi connectivity index (χ4n) is 2.21. The number of carbonyl (C=O) groups is 2. The molecule has 0 unspecified atom stereocenters. The van der Waals surface area contributed by atoms with Gasteiger partial charge in [-0.25, -0.2) is 0 Å². The maximum Gasteiger partial charge on any atom is 0.248 e. The molecule has 2 aromatic heterocycles. The predicted octanol–water partition coefficient (Wildman–Crippen LogP) is 2.29. The van der Waals surface area contributed by atoms with E-state index in [9.17, 15) is 9.59 Å². The lowest BCUT2D eigenvalue weighted by molar-refractivity contribution is -0.115. The highest BCUT2D eigenvalue weighted by molar-refractivity contribution is 8.00. The van der Waals surface area contributed by atoms with Gasteiger partial charge in [-0.05, 0) is 43.3 Å². The van der Waals surface area contributed by atoms with Crippen LogP contribution in [0.25, 0.3) is 11.6 Å². The molecule has 26 heavy (non-hydrogen) atoms. The molecule has 0 saturated carbocycles. The second kappa shape index (κ2) is 7.44. The Labute approximate surface area is 153 Å². The Bertz CT molecular complexity index is 919. The summed E-state index contributed by atoms with van der Waals surface area (Å²) in [4.78, 5) is 23.5. The standard InChI is InChI=1S/C17H17N5O3S/c1-10(16(24)19-12-7-5-11(6-8-12)14(18)23)26-17-21-20-15(22(17)2)13-4-3-9-25-13/h3-10H,1-2H3,(H2,18,23)(H,19,24)/t10-/m0/s1. The molecule has 3 rings (SSSR count). The van der Waals surface area contributed by atoms with E-state index in [1.54, 1.807) is 54.2 Å². The number of hydrogen-bond donors (Lipinski definition) is 2. The van der Waals surface area contributed by atoms with Gasteiger partial charge in [0.2, 0.25) is 11.8 Å². The van der Waals surface area contributed by atoms with Gasteiger partial charge in [0.1, 0.15) is 0 Å². The van der Waals surface area contributed by atoms with Gasteiger partial charge in [-0.3, -0.25) is 9.59 Å². The van der Waals surface area contributed by atoms with Crippen LogP contribution in [0.1, 0.15) is 17.3 Å². The largest absolute Gasteiger partial charge is 0.461 e. The fraction of sp³-hybridized carbons (Fsp3) is 0.176. The van der Waals surface area contributed by atoms with Gasteiger partial charge in [-0.1, -0.05) is 11.8 Å². The zero-order valence-corrected chi connectivity index (χ0v) is 15.0. The SMILES string of the molecule is C[C@H](Sc1nnc(-c2ccco2)n1C)C(=O)Nc1ccc(C(N)=O)cc1. The minimum Gasteiger partial charge on any atom is -0.461 e. The average molecular weight is 371 g/mol. The number of rotatable bonds is 6. The van der Waals surface area contributed by atoms with Gasteiger partial charge in [0, 0.05) is 18.3 Å². The lowest BCUT2D eigenvalue weighted by atomic mass is 10.2. The Balaban J connectivity index is 1.65. The van der Waals surface area contributed by atoms with Crippen LogP contribution in [0.4, 0.5) is 5.69 Å². The number of nitrogens with two attached hydrogens (primary N) is 1. The van der Waals surface area contributed by atoms with Gasteiger partial charge in [0.05, 0.1) is 11.5 Å². The Morgan fingerprint density at radius 1 is 1.23 bits per heavy atom. The number of benzene rings is 1. The summed E-state index contributed by atoms with van der Waals surface area (Å²) in [5.74, 6) is 0.497. The summed E-state index contributed by atoms with van der Waals surface area (Å²) >= 11 is 1.29. The van der Waals surface area contributed by atoms with E-state index in [2.05, 4.69) is 15.5 Å². The van der Waals surface area contributed by atoms with Crippen LogP contribution in [0.15, 0.2) is 52.2 Å². The van der Waals surface area contributed by atoms with Crippen molar-refractivity contribution in [3.63, 3.8) is 0 Å². The lowest BCUT2D eigenvalue weighted by Gasteiger charge is -2.11. The maximum atomic E-state index is 12.4. The number of carbonyl (C=O) groups excluding carboxylic acids is 2. The molecule has 2 amide bonds. The number of amides is 2. The van der Waals surface area contributed by atoms with Crippen molar-refractivity contribution in [1.29, 1.82) is 0 Å². The average Bonchev–Trinajstić information content (AvgIpc) is 3.26. The van der Waals surface area contributed by atoms with Crippen LogP contribution >= 0.6 is 11.8 Å². The molecule has 0 spiro atoms. The van der Waals surface area contributed by atoms with Crippen LogP contribution in [-0.4, -0.2) is 31.8 Å². The predicted molar refractivity (Wildman–Crippen MR) is 97.6 cm³/mol. The van der Waals surface area contributed by atoms with Gasteiger partial charge >= 0.3 is 0 Å². The second-order valence-corrected chi connectivity index (χ2v) is 6.84. The third-order valence-corrected chi connectivity index (χ3v) is 4.80. The number of thioether (sulfide) groups is 1. The van der Waals surface area contributed by atoms with E-state index in [4.69, 9.17) is 10.2 Å². The molecule has 3 N–H and O–H groups in total. The first-order valence-electron chi connectivity index (χ1n) is 7.76. The number of hydrogen-bond acceptors (Lipinski definition) is 6. The summed E-state index contributed by atoms with van der Waals surface area (Å²) < 4.78 is 7.10. The Kier molecular flexibility index (Phi) is 5.08. The number of anilines is 1. The van der Waals surface area contributed by atoms with Crippen LogP contribution < -0.4 is 11.1 Å². The van der Waals surface area contributed by atoms with Crippen LogP contribution in [0, 0.1) is 0 Å². The van der Waals surface area contributed by atoms with Crippen LogP contribution in [-0.2, 0) is 11.8 Å². The molecule has 1 aromatic carbocycles. The van der Waals surface area contributed by atoms with Crippen molar-refractivity contribution in [2.75, 3.05) is 5.32 Å². The fourth-order valence-corrected chi connectivity index (χ4v) is 3.03. The van der Waals surface area contributed by atoms with Gasteiger partial charge in [-0.2, -0.15) is 0 Å². The number of nitrogens with zero attached hydrogens (tertiary/aromatic N) is 3. The van der Waals surface area contributed by atoms with Crippen molar-refractivity contribution < 1.29 is 14.0 Å². The van der Waals surface area contributed by atoms with Crippen molar-refractivity contribution in [2.45, 2.75) is 17.3 Å². The molecule has 134 valence electrons. The molecule has 0 bridgehead atoms. The van der Waals surface area contributed by atoms with E-state index >= 15 is 0 Å². The molecule has 2 heterocycles. The van der Waals surface area contributed by atoms with Gasteiger partial charge < -0.3 is 20.0 Å². The summed E-state index contributed by atoms with van der Waals surface area (Å²) in [7, 11) is 1.81. The van der Waals surface area contributed by atoms with Gasteiger partial charge in [0.25, 0.3) is 0 Å². The monoisotopic (exact) mass is 371 g/mol. The van der Waals surface area contributed by atoms with Crippen molar-refractivity contribution in [2.24, 2.45) is 12.8 Å². The van der Waals surface area contributed by atoms with Crippen LogP contribution in [0.3, 0.4) is 0 Å². The highest BCUT2D eigenvalue weighted by Gasteiger charge is 2.20. The van der Waals surface area contributed by atoms with Crippen LogP contribution in [0.5, 0.6) is 0 Å². The summed E-state index contributed by atoms with van der Waals surface area (Å²) in [6.07, 6.45) is 1.57. The molecule has 0 fully saturated rings. The minimum atomic E-state index is -0.513. The normalized spacial score (nSPS) is 11.9. The smallest absolute Gasteiger partial charge is 0.248 e. The zero-order chi connectivity index (χ0) is 18.7. The third-order valence-electron chi connectivity index (χ3n) is 3.66. The maximum absolute atomic E-state index is 12.4. The van der Waals surface area contributed by atoms with E-state index in [0.29, 0.717) is 28.0 Å². The molecular weight excluding hydrogens is 354 g/mol.